The quantitative estimate of drug-likeness (QED) is 0.261. The summed E-state index contributed by atoms with van der Waals surface area (Å²) >= 11 is 0. The second-order valence-corrected chi connectivity index (χ2v) is 15.6. The van der Waals surface area contributed by atoms with E-state index in [9.17, 15) is 27.6 Å². The fraction of sp³-hybridized carbons (Fsp3) is 0.545. The molecule has 5 atom stereocenters. The number of nitrogens with zero attached hydrogens (tertiary/aromatic N) is 2. The van der Waals surface area contributed by atoms with Gasteiger partial charge in [0, 0.05) is 31.0 Å². The topological polar surface area (TPSA) is 182 Å². The second-order valence-electron chi connectivity index (χ2n) is 13.7. The summed E-state index contributed by atoms with van der Waals surface area (Å²) in [6.07, 6.45) is 3.48. The molecule has 1 saturated heterocycles. The van der Waals surface area contributed by atoms with Gasteiger partial charge in [0.25, 0.3) is 5.91 Å². The zero-order valence-electron chi connectivity index (χ0n) is 27.8. The maximum absolute atomic E-state index is 14.3. The molecule has 3 N–H and O–H groups in total. The number of likely N-dealkylation sites (tertiary alicyclic amines) is 1. The highest BCUT2D eigenvalue weighted by Gasteiger charge is 2.62. The zero-order chi connectivity index (χ0) is 35.0. The summed E-state index contributed by atoms with van der Waals surface area (Å²) in [6.45, 7) is 8.81. The van der Waals surface area contributed by atoms with Gasteiger partial charge in [-0.3, -0.25) is 23.9 Å². The number of benzene rings is 1. The van der Waals surface area contributed by atoms with E-state index in [4.69, 9.17) is 14.2 Å². The molecule has 1 aromatic heterocycles. The first kappa shape index (κ1) is 35.1. The van der Waals surface area contributed by atoms with E-state index < -0.39 is 74.0 Å². The van der Waals surface area contributed by atoms with Gasteiger partial charge >= 0.3 is 0 Å². The van der Waals surface area contributed by atoms with Gasteiger partial charge in [0.05, 0.1) is 18.9 Å². The molecule has 4 amide bonds. The second kappa shape index (κ2) is 13.3. The van der Waals surface area contributed by atoms with Crippen LogP contribution in [0.3, 0.4) is 0 Å². The molecule has 2 aromatic rings. The summed E-state index contributed by atoms with van der Waals surface area (Å²) in [7, 11) is -0.954. The van der Waals surface area contributed by atoms with Crippen molar-refractivity contribution in [2.45, 2.75) is 75.4 Å². The number of carbonyl (C=O) groups is 4. The Morgan fingerprint density at radius 1 is 1.17 bits per heavy atom. The average Bonchev–Trinajstić information content (AvgIpc) is 3.96. The van der Waals surface area contributed by atoms with Crippen molar-refractivity contribution in [3.63, 3.8) is 0 Å². The summed E-state index contributed by atoms with van der Waals surface area (Å²) in [6, 6.07) is 5.05. The minimum absolute atomic E-state index is 0.0297. The predicted octanol–water partition coefficient (Wildman–Crippen LogP) is 1.44. The number of rotatable bonds is 13. The Labute approximate surface area is 280 Å². The molecule has 3 fully saturated rings. The Hall–Kier alpha value is -4.24. The molecule has 2 saturated carbocycles. The van der Waals surface area contributed by atoms with Crippen LogP contribution in [0.2, 0.25) is 0 Å². The van der Waals surface area contributed by atoms with E-state index in [0.717, 1.165) is 5.39 Å². The zero-order valence-corrected chi connectivity index (χ0v) is 28.6. The highest BCUT2D eigenvalue weighted by atomic mass is 32.2. The van der Waals surface area contributed by atoms with E-state index in [1.165, 1.54) is 18.1 Å². The summed E-state index contributed by atoms with van der Waals surface area (Å²) in [5, 5.41) is 6.38. The minimum Gasteiger partial charge on any atom is -0.497 e. The molecule has 0 bridgehead atoms. The van der Waals surface area contributed by atoms with Crippen molar-refractivity contribution in [1.82, 2.24) is 25.2 Å². The lowest BCUT2D eigenvalue weighted by atomic mass is 9.85. The predicted molar refractivity (Wildman–Crippen MR) is 175 cm³/mol. The first-order valence-electron chi connectivity index (χ1n) is 15.8. The van der Waals surface area contributed by atoms with Crippen LogP contribution in [0.25, 0.3) is 10.8 Å². The number of nitrogens with one attached hydrogen (secondary N) is 3. The van der Waals surface area contributed by atoms with Crippen molar-refractivity contribution in [3.05, 3.63) is 43.1 Å². The maximum Gasteiger partial charge on any atom is 0.259 e. The monoisotopic (exact) mass is 685 g/mol. The van der Waals surface area contributed by atoms with Crippen molar-refractivity contribution in [2.75, 3.05) is 27.4 Å². The first-order chi connectivity index (χ1) is 22.6. The summed E-state index contributed by atoms with van der Waals surface area (Å²) in [4.78, 5) is 60.1. The van der Waals surface area contributed by atoms with Crippen LogP contribution in [0.15, 0.2) is 43.1 Å². The molecule has 1 aliphatic heterocycles. The van der Waals surface area contributed by atoms with Gasteiger partial charge in [-0.15, -0.1) is 6.58 Å². The van der Waals surface area contributed by atoms with E-state index in [0.29, 0.717) is 29.9 Å². The van der Waals surface area contributed by atoms with Crippen LogP contribution in [-0.4, -0.2) is 98.3 Å². The van der Waals surface area contributed by atoms with Gasteiger partial charge < -0.3 is 29.7 Å². The summed E-state index contributed by atoms with van der Waals surface area (Å²) < 4.78 is 44.0. The molecule has 1 aromatic carbocycles. The van der Waals surface area contributed by atoms with E-state index >= 15 is 0 Å². The van der Waals surface area contributed by atoms with Crippen molar-refractivity contribution in [2.24, 2.45) is 11.3 Å². The van der Waals surface area contributed by atoms with Gasteiger partial charge in [0.1, 0.15) is 36.1 Å². The van der Waals surface area contributed by atoms with E-state index in [2.05, 4.69) is 26.9 Å². The molecule has 14 nitrogen and oxygen atoms in total. The lowest BCUT2D eigenvalue weighted by Crippen LogP contribution is -2.60. The molecule has 48 heavy (non-hydrogen) atoms. The smallest absolute Gasteiger partial charge is 0.259 e. The van der Waals surface area contributed by atoms with Gasteiger partial charge in [-0.25, -0.2) is 13.4 Å². The lowest BCUT2D eigenvalue weighted by molar-refractivity contribution is -0.145. The number of methoxy groups -OCH3 is 2. The molecule has 0 unspecified atom stereocenters. The fourth-order valence-electron chi connectivity index (χ4n) is 6.05. The average molecular weight is 686 g/mol. The number of fused-ring (bicyclic) bond motifs is 1. The Morgan fingerprint density at radius 2 is 1.90 bits per heavy atom. The van der Waals surface area contributed by atoms with E-state index in [1.54, 1.807) is 46.2 Å². The molecule has 0 spiro atoms. The van der Waals surface area contributed by atoms with Crippen LogP contribution in [0.4, 0.5) is 0 Å². The maximum atomic E-state index is 14.3. The van der Waals surface area contributed by atoms with Gasteiger partial charge in [0.15, 0.2) is 0 Å². The number of hydrogen-bond acceptors (Lipinski definition) is 10. The van der Waals surface area contributed by atoms with Gasteiger partial charge in [-0.1, -0.05) is 26.8 Å². The Bertz CT molecular complexity index is 1720. The first-order valence-corrected chi connectivity index (χ1v) is 17.4. The molecule has 15 heteroatoms. The number of amides is 4. The number of pyridine rings is 1. The molecular weight excluding hydrogens is 642 g/mol. The largest absolute Gasteiger partial charge is 0.497 e. The molecule has 3 aliphatic rings. The van der Waals surface area contributed by atoms with Crippen LogP contribution in [-0.2, 0) is 33.9 Å². The van der Waals surface area contributed by atoms with E-state index in [-0.39, 0.29) is 26.0 Å². The highest BCUT2D eigenvalue weighted by Crippen LogP contribution is 2.45. The SMILES string of the molecule is C=C[C@@H]1C[C@]1(NC(=O)[C@@H]1C[C@@H](Oc2nccc3cc(OC)ccc23)CN1C(=O)[C@@H](NC(=O)COC)C(C)(C)C)C(=O)NS(=O)(=O)C1CC1. The summed E-state index contributed by atoms with van der Waals surface area (Å²) in [5.41, 5.74) is -2.31. The third-order valence-corrected chi connectivity index (χ3v) is 10.8. The molecule has 2 heterocycles. The Morgan fingerprint density at radius 3 is 2.50 bits per heavy atom. The molecule has 0 radical (unpaired) electrons. The minimum atomic E-state index is -3.88. The molecule has 260 valence electrons. The van der Waals surface area contributed by atoms with Gasteiger partial charge in [-0.05, 0) is 54.3 Å². The van der Waals surface area contributed by atoms with Crippen LogP contribution in [0.5, 0.6) is 11.6 Å². The standard InChI is InChI=1S/C33H43N5O9S/c1-7-20-16-33(20,31(42)37-48(43,44)23-9-10-23)36-28(40)25-15-22(47-29-24-11-8-21(46-6)14-19(24)12-13-34-29)17-38(25)30(41)27(32(2,3)4)35-26(39)18-45-5/h7-8,11-14,20,22-23,25,27H,1,9-10,15-18H2,2-6H3,(H,35,39)(H,36,40)(H,37,42)/t20-,22-,25+,27-,33-/m1/s1. The van der Waals surface area contributed by atoms with Crippen LogP contribution in [0.1, 0.15) is 46.5 Å². The molecule has 2 aliphatic carbocycles. The van der Waals surface area contributed by atoms with Crippen molar-refractivity contribution >= 4 is 44.4 Å². The van der Waals surface area contributed by atoms with Crippen LogP contribution < -0.4 is 24.8 Å². The highest BCUT2D eigenvalue weighted by molar-refractivity contribution is 7.91. The number of carbonyl (C=O) groups excluding carboxylic acids is 4. The number of ether oxygens (including phenoxy) is 3. The molecular formula is C33H43N5O9S. The normalized spacial score (nSPS) is 24.4. The van der Waals surface area contributed by atoms with Crippen LogP contribution in [0, 0.1) is 11.3 Å². The molecule has 5 rings (SSSR count). The van der Waals surface area contributed by atoms with Crippen molar-refractivity contribution < 1.29 is 41.8 Å². The lowest BCUT2D eigenvalue weighted by Gasteiger charge is -2.35. The fourth-order valence-corrected chi connectivity index (χ4v) is 7.41. The van der Waals surface area contributed by atoms with Crippen molar-refractivity contribution in [3.8, 4) is 11.6 Å². The number of hydrogen-bond donors (Lipinski definition) is 3. The Kier molecular flexibility index (Phi) is 9.75. The Balaban J connectivity index is 1.44. The number of sulfonamides is 1. The van der Waals surface area contributed by atoms with Crippen LogP contribution >= 0.6 is 0 Å². The van der Waals surface area contributed by atoms with Crippen molar-refractivity contribution in [1.29, 1.82) is 0 Å². The van der Waals surface area contributed by atoms with Gasteiger partial charge in [-0.2, -0.15) is 0 Å². The number of aromatic nitrogens is 1. The third-order valence-electron chi connectivity index (χ3n) is 9.00. The summed E-state index contributed by atoms with van der Waals surface area (Å²) in [5.74, 6) is -2.10. The van der Waals surface area contributed by atoms with E-state index in [1.807, 2.05) is 12.1 Å². The third kappa shape index (κ3) is 7.26. The van der Waals surface area contributed by atoms with Gasteiger partial charge in [0.2, 0.25) is 33.6 Å².